The number of rotatable bonds is 6. The number of hydrogen-bond donors (Lipinski definition) is 1. The fourth-order valence-electron chi connectivity index (χ4n) is 2.06. The molecule has 0 saturated carbocycles. The molecule has 0 amide bonds. The summed E-state index contributed by atoms with van der Waals surface area (Å²) in [7, 11) is -3.27. The standard InChI is InChI=1S/C16H18FNO2S/c1-2-11-21(19,20)16-6-4-3-5-15(16)18-12-13-7-9-14(17)10-8-13/h3-10,18H,2,11-12H2,1H3. The summed E-state index contributed by atoms with van der Waals surface area (Å²) < 4.78 is 37.3. The van der Waals surface area contributed by atoms with Crippen LogP contribution >= 0.6 is 0 Å². The number of para-hydroxylation sites is 1. The third-order valence-corrected chi connectivity index (χ3v) is 5.06. The summed E-state index contributed by atoms with van der Waals surface area (Å²) in [6.07, 6.45) is 0.578. The summed E-state index contributed by atoms with van der Waals surface area (Å²) in [6.45, 7) is 2.28. The van der Waals surface area contributed by atoms with Gasteiger partial charge in [-0.1, -0.05) is 31.2 Å². The Balaban J connectivity index is 2.19. The molecule has 0 heterocycles. The zero-order valence-corrected chi connectivity index (χ0v) is 12.7. The van der Waals surface area contributed by atoms with E-state index in [9.17, 15) is 12.8 Å². The molecule has 0 aliphatic heterocycles. The van der Waals surface area contributed by atoms with Crippen molar-refractivity contribution < 1.29 is 12.8 Å². The van der Waals surface area contributed by atoms with E-state index in [0.717, 1.165) is 5.56 Å². The number of nitrogens with one attached hydrogen (secondary N) is 1. The van der Waals surface area contributed by atoms with Crippen molar-refractivity contribution in [2.75, 3.05) is 11.1 Å². The zero-order valence-electron chi connectivity index (χ0n) is 11.8. The fraction of sp³-hybridized carbons (Fsp3) is 0.250. The van der Waals surface area contributed by atoms with Gasteiger partial charge in [-0.3, -0.25) is 0 Å². The Morgan fingerprint density at radius 1 is 1.05 bits per heavy atom. The maximum Gasteiger partial charge on any atom is 0.180 e. The van der Waals surface area contributed by atoms with Gasteiger partial charge < -0.3 is 5.32 Å². The number of anilines is 1. The van der Waals surface area contributed by atoms with E-state index < -0.39 is 9.84 Å². The molecule has 2 aromatic carbocycles. The molecule has 2 aromatic rings. The van der Waals surface area contributed by atoms with Gasteiger partial charge in [-0.15, -0.1) is 0 Å². The van der Waals surface area contributed by atoms with Gasteiger partial charge in [0.15, 0.2) is 9.84 Å². The molecule has 0 spiro atoms. The molecule has 3 nitrogen and oxygen atoms in total. The molecule has 0 saturated heterocycles. The summed E-state index contributed by atoms with van der Waals surface area (Å²) in [4.78, 5) is 0.314. The van der Waals surface area contributed by atoms with Gasteiger partial charge >= 0.3 is 0 Å². The van der Waals surface area contributed by atoms with Gasteiger partial charge in [-0.25, -0.2) is 12.8 Å². The van der Waals surface area contributed by atoms with Crippen molar-refractivity contribution >= 4 is 15.5 Å². The van der Waals surface area contributed by atoms with Crippen LogP contribution in [0.3, 0.4) is 0 Å². The molecule has 1 N–H and O–H groups in total. The second kappa shape index (κ2) is 6.72. The Kier molecular flexibility index (Phi) is 4.96. The van der Waals surface area contributed by atoms with Crippen LogP contribution < -0.4 is 5.32 Å². The normalized spacial score (nSPS) is 11.3. The van der Waals surface area contributed by atoms with Crippen LogP contribution in [0.4, 0.5) is 10.1 Å². The van der Waals surface area contributed by atoms with Crippen molar-refractivity contribution in [3.05, 3.63) is 59.9 Å². The third kappa shape index (κ3) is 4.04. The topological polar surface area (TPSA) is 46.2 Å². The van der Waals surface area contributed by atoms with Gasteiger partial charge in [-0.05, 0) is 36.2 Å². The van der Waals surface area contributed by atoms with Crippen LogP contribution in [0, 0.1) is 5.82 Å². The maximum atomic E-state index is 12.9. The Hall–Kier alpha value is -1.88. The molecule has 0 aromatic heterocycles. The third-order valence-electron chi connectivity index (χ3n) is 3.09. The van der Waals surface area contributed by atoms with E-state index in [1.807, 2.05) is 6.92 Å². The minimum atomic E-state index is -3.27. The van der Waals surface area contributed by atoms with Crippen LogP contribution in [0.15, 0.2) is 53.4 Å². The molecule has 0 bridgehead atoms. The molecule has 0 fully saturated rings. The van der Waals surface area contributed by atoms with E-state index >= 15 is 0 Å². The predicted octanol–water partition coefficient (Wildman–Crippen LogP) is 3.62. The lowest BCUT2D eigenvalue weighted by Gasteiger charge is -2.12. The second-order valence-electron chi connectivity index (χ2n) is 4.80. The minimum Gasteiger partial charge on any atom is -0.380 e. The molecule has 0 atom stereocenters. The Morgan fingerprint density at radius 3 is 2.38 bits per heavy atom. The average molecular weight is 307 g/mol. The highest BCUT2D eigenvalue weighted by atomic mass is 32.2. The quantitative estimate of drug-likeness (QED) is 0.886. The second-order valence-corrected chi connectivity index (χ2v) is 6.87. The molecule has 112 valence electrons. The summed E-state index contributed by atoms with van der Waals surface area (Å²) in [5.74, 6) is -0.160. The highest BCUT2D eigenvalue weighted by Crippen LogP contribution is 2.23. The van der Waals surface area contributed by atoms with Gasteiger partial charge in [0.05, 0.1) is 16.3 Å². The first-order valence-electron chi connectivity index (χ1n) is 6.83. The molecule has 5 heteroatoms. The van der Waals surface area contributed by atoms with Crippen LogP contribution in [0.5, 0.6) is 0 Å². The first-order chi connectivity index (χ1) is 10.0. The Bertz CT molecular complexity index is 696. The van der Waals surface area contributed by atoms with Crippen LogP contribution in [-0.2, 0) is 16.4 Å². The van der Waals surface area contributed by atoms with Gasteiger partial charge in [-0.2, -0.15) is 0 Å². The molecular formula is C16H18FNO2S. The monoisotopic (exact) mass is 307 g/mol. The van der Waals surface area contributed by atoms with E-state index in [1.54, 1.807) is 36.4 Å². The van der Waals surface area contributed by atoms with Gasteiger partial charge in [0.2, 0.25) is 0 Å². The molecule has 0 unspecified atom stereocenters. The van der Waals surface area contributed by atoms with Crippen LogP contribution in [0.2, 0.25) is 0 Å². The summed E-state index contributed by atoms with van der Waals surface area (Å²) >= 11 is 0. The SMILES string of the molecule is CCCS(=O)(=O)c1ccccc1NCc1ccc(F)cc1. The Labute approximate surface area is 124 Å². The molecule has 0 radical (unpaired) electrons. The lowest BCUT2D eigenvalue weighted by atomic mass is 10.2. The van der Waals surface area contributed by atoms with Crippen molar-refractivity contribution in [1.82, 2.24) is 0 Å². The molecule has 2 rings (SSSR count). The molecular weight excluding hydrogens is 289 g/mol. The lowest BCUT2D eigenvalue weighted by molar-refractivity contribution is 0.595. The molecule has 0 aliphatic carbocycles. The number of benzene rings is 2. The molecule has 0 aliphatic rings. The van der Waals surface area contributed by atoms with Crippen LogP contribution in [-0.4, -0.2) is 14.2 Å². The van der Waals surface area contributed by atoms with E-state index in [2.05, 4.69) is 5.32 Å². The first-order valence-corrected chi connectivity index (χ1v) is 8.48. The van der Waals surface area contributed by atoms with Gasteiger partial charge in [0.1, 0.15) is 5.82 Å². The van der Waals surface area contributed by atoms with Crippen LogP contribution in [0.25, 0.3) is 0 Å². The average Bonchev–Trinajstić information content (AvgIpc) is 2.47. The van der Waals surface area contributed by atoms with E-state index in [0.29, 0.717) is 23.5 Å². The largest absolute Gasteiger partial charge is 0.380 e. The van der Waals surface area contributed by atoms with Crippen molar-refractivity contribution in [2.24, 2.45) is 0 Å². The van der Waals surface area contributed by atoms with E-state index in [-0.39, 0.29) is 11.6 Å². The van der Waals surface area contributed by atoms with Gasteiger partial charge in [0, 0.05) is 6.54 Å². The van der Waals surface area contributed by atoms with Crippen molar-refractivity contribution in [3.8, 4) is 0 Å². The molecule has 21 heavy (non-hydrogen) atoms. The van der Waals surface area contributed by atoms with Crippen molar-refractivity contribution in [2.45, 2.75) is 24.8 Å². The maximum absolute atomic E-state index is 12.9. The van der Waals surface area contributed by atoms with E-state index in [1.165, 1.54) is 12.1 Å². The van der Waals surface area contributed by atoms with Crippen molar-refractivity contribution in [1.29, 1.82) is 0 Å². The summed E-state index contributed by atoms with van der Waals surface area (Å²) in [5.41, 5.74) is 1.47. The van der Waals surface area contributed by atoms with Crippen LogP contribution in [0.1, 0.15) is 18.9 Å². The Morgan fingerprint density at radius 2 is 1.71 bits per heavy atom. The zero-order chi connectivity index (χ0) is 15.3. The predicted molar refractivity (Wildman–Crippen MR) is 82.5 cm³/mol. The fourth-order valence-corrected chi connectivity index (χ4v) is 3.58. The first kappa shape index (κ1) is 15.5. The van der Waals surface area contributed by atoms with Gasteiger partial charge in [0.25, 0.3) is 0 Å². The summed E-state index contributed by atoms with van der Waals surface area (Å²) in [6, 6.07) is 13.0. The van der Waals surface area contributed by atoms with E-state index in [4.69, 9.17) is 0 Å². The highest BCUT2D eigenvalue weighted by Gasteiger charge is 2.16. The smallest absolute Gasteiger partial charge is 0.180 e. The lowest BCUT2D eigenvalue weighted by Crippen LogP contribution is -2.10. The number of sulfone groups is 1. The number of hydrogen-bond acceptors (Lipinski definition) is 3. The summed E-state index contributed by atoms with van der Waals surface area (Å²) in [5, 5.41) is 3.11. The number of halogens is 1. The van der Waals surface area contributed by atoms with Crippen molar-refractivity contribution in [3.63, 3.8) is 0 Å². The minimum absolute atomic E-state index is 0.127. The highest BCUT2D eigenvalue weighted by molar-refractivity contribution is 7.91.